The van der Waals surface area contributed by atoms with Crippen molar-refractivity contribution in [2.75, 3.05) is 11.9 Å². The van der Waals surface area contributed by atoms with Crippen LogP contribution in [0.2, 0.25) is 0 Å². The Morgan fingerprint density at radius 3 is 2.50 bits per heavy atom. The Hall–Kier alpha value is -3.76. The van der Waals surface area contributed by atoms with Crippen LogP contribution in [0.4, 0.5) is 5.69 Å². The fourth-order valence-electron chi connectivity index (χ4n) is 2.46. The van der Waals surface area contributed by atoms with Gasteiger partial charge in [0.15, 0.2) is 5.09 Å². The highest BCUT2D eigenvalue weighted by Crippen LogP contribution is 2.29. The van der Waals surface area contributed by atoms with Crippen LogP contribution in [0, 0.1) is 11.3 Å². The number of carbonyl (C=O) groups is 2. The van der Waals surface area contributed by atoms with Crippen molar-refractivity contribution in [3.63, 3.8) is 0 Å². The molecule has 0 aliphatic carbocycles. The lowest BCUT2D eigenvalue weighted by Crippen LogP contribution is -2.13. The van der Waals surface area contributed by atoms with Gasteiger partial charge in [-0.25, -0.2) is 4.79 Å². The predicted octanol–water partition coefficient (Wildman–Crippen LogP) is 5.15. The van der Waals surface area contributed by atoms with Gasteiger partial charge in [-0.05, 0) is 55.5 Å². The van der Waals surface area contributed by atoms with Crippen LogP contribution in [0.3, 0.4) is 0 Å². The van der Waals surface area contributed by atoms with Crippen molar-refractivity contribution in [1.29, 1.82) is 5.26 Å². The molecule has 1 N–H and O–H groups in total. The summed E-state index contributed by atoms with van der Waals surface area (Å²) in [5.74, 6) is -0.609. The summed E-state index contributed by atoms with van der Waals surface area (Å²) in [6.07, 6.45) is 1.39. The van der Waals surface area contributed by atoms with E-state index in [1.165, 1.54) is 17.8 Å². The topological polar surface area (TPSA) is 92.3 Å². The maximum Gasteiger partial charge on any atom is 0.338 e. The van der Waals surface area contributed by atoms with E-state index in [1.54, 1.807) is 43.3 Å². The van der Waals surface area contributed by atoms with E-state index in [-0.39, 0.29) is 12.2 Å². The minimum atomic E-state index is -0.574. The summed E-state index contributed by atoms with van der Waals surface area (Å²) in [5, 5.41) is 12.6. The van der Waals surface area contributed by atoms with E-state index in [4.69, 9.17) is 9.15 Å². The summed E-state index contributed by atoms with van der Waals surface area (Å²) in [7, 11) is 0. The fourth-order valence-corrected chi connectivity index (χ4v) is 3.26. The molecule has 6 nitrogen and oxygen atoms in total. The molecule has 3 aromatic rings. The highest BCUT2D eigenvalue weighted by atomic mass is 32.2. The van der Waals surface area contributed by atoms with Crippen molar-refractivity contribution in [3.05, 3.63) is 83.6 Å². The quantitative estimate of drug-likeness (QED) is 0.324. The SMILES string of the molecule is CCOC(=O)c1ccc(NC(=O)/C(C#N)=C/c2ccc(Sc3ccccc3)o2)cc1. The van der Waals surface area contributed by atoms with Crippen molar-refractivity contribution in [3.8, 4) is 6.07 Å². The maximum absolute atomic E-state index is 12.4. The molecule has 1 amide bonds. The van der Waals surface area contributed by atoms with Gasteiger partial charge >= 0.3 is 5.97 Å². The Kier molecular flexibility index (Phi) is 7.09. The summed E-state index contributed by atoms with van der Waals surface area (Å²) in [5.41, 5.74) is 0.731. The first-order chi connectivity index (χ1) is 14.6. The number of hydrogen-bond donors (Lipinski definition) is 1. The van der Waals surface area contributed by atoms with Crippen LogP contribution in [0.5, 0.6) is 0 Å². The summed E-state index contributed by atoms with van der Waals surface area (Å²) < 4.78 is 10.6. The van der Waals surface area contributed by atoms with Gasteiger partial charge in [0.1, 0.15) is 17.4 Å². The molecule has 0 atom stereocenters. The second-order valence-corrected chi connectivity index (χ2v) is 7.07. The van der Waals surface area contributed by atoms with Crippen LogP contribution in [-0.2, 0) is 9.53 Å². The molecule has 0 saturated carbocycles. The number of anilines is 1. The smallest absolute Gasteiger partial charge is 0.338 e. The third-order valence-electron chi connectivity index (χ3n) is 3.87. The molecular formula is C23H18N2O4S. The summed E-state index contributed by atoms with van der Waals surface area (Å²) in [6, 6.07) is 21.3. The number of carbonyl (C=O) groups excluding carboxylic acids is 2. The number of amides is 1. The number of benzene rings is 2. The molecule has 0 fully saturated rings. The predicted molar refractivity (Wildman–Crippen MR) is 114 cm³/mol. The van der Waals surface area contributed by atoms with Crippen LogP contribution >= 0.6 is 11.8 Å². The number of rotatable bonds is 7. The first kappa shape index (κ1) is 21.0. The molecule has 1 aromatic heterocycles. The van der Waals surface area contributed by atoms with Crippen molar-refractivity contribution in [1.82, 2.24) is 0 Å². The second-order valence-electron chi connectivity index (χ2n) is 5.99. The standard InChI is InChI=1S/C23H18N2O4S/c1-2-28-23(27)16-8-10-18(11-9-16)25-22(26)17(15-24)14-19-12-13-21(29-19)30-20-6-4-3-5-7-20/h3-14H,2H2,1H3,(H,25,26)/b17-14+. The number of furan rings is 1. The average Bonchev–Trinajstić information content (AvgIpc) is 3.20. The Bertz CT molecular complexity index is 1100. The first-order valence-electron chi connectivity index (χ1n) is 9.12. The zero-order valence-electron chi connectivity index (χ0n) is 16.1. The summed E-state index contributed by atoms with van der Waals surface area (Å²) >= 11 is 1.44. The Labute approximate surface area is 178 Å². The van der Waals surface area contributed by atoms with Gasteiger partial charge in [-0.15, -0.1) is 0 Å². The molecule has 2 aromatic carbocycles. The molecule has 7 heteroatoms. The number of ether oxygens (including phenoxy) is 1. The van der Waals surface area contributed by atoms with Gasteiger partial charge in [0, 0.05) is 16.7 Å². The van der Waals surface area contributed by atoms with Crippen LogP contribution in [0.1, 0.15) is 23.0 Å². The summed E-state index contributed by atoms with van der Waals surface area (Å²) in [6.45, 7) is 2.01. The number of nitriles is 1. The van der Waals surface area contributed by atoms with Gasteiger partial charge in [-0.2, -0.15) is 5.26 Å². The zero-order chi connectivity index (χ0) is 21.3. The van der Waals surface area contributed by atoms with E-state index in [9.17, 15) is 14.9 Å². The van der Waals surface area contributed by atoms with Crippen LogP contribution < -0.4 is 5.32 Å². The highest BCUT2D eigenvalue weighted by Gasteiger charge is 2.12. The van der Waals surface area contributed by atoms with Gasteiger partial charge in [0.05, 0.1) is 12.2 Å². The van der Waals surface area contributed by atoms with Crippen molar-refractivity contribution in [2.24, 2.45) is 0 Å². The molecule has 0 radical (unpaired) electrons. The normalized spacial score (nSPS) is 10.9. The lowest BCUT2D eigenvalue weighted by Gasteiger charge is -2.06. The molecule has 1 heterocycles. The van der Waals surface area contributed by atoms with Gasteiger partial charge < -0.3 is 14.5 Å². The molecular weight excluding hydrogens is 400 g/mol. The number of hydrogen-bond acceptors (Lipinski definition) is 6. The van der Waals surface area contributed by atoms with Gasteiger partial charge in [0.25, 0.3) is 5.91 Å². The molecule has 0 bridgehead atoms. The molecule has 0 aliphatic heterocycles. The second kappa shape index (κ2) is 10.1. The van der Waals surface area contributed by atoms with E-state index in [1.807, 2.05) is 36.4 Å². The Morgan fingerprint density at radius 1 is 1.10 bits per heavy atom. The van der Waals surface area contributed by atoms with Crippen LogP contribution in [-0.4, -0.2) is 18.5 Å². The monoisotopic (exact) mass is 418 g/mol. The van der Waals surface area contributed by atoms with Gasteiger partial charge in [-0.1, -0.05) is 30.0 Å². The Balaban J connectivity index is 1.67. The zero-order valence-corrected chi connectivity index (χ0v) is 16.9. The fraction of sp³-hybridized carbons (Fsp3) is 0.0870. The third-order valence-corrected chi connectivity index (χ3v) is 4.80. The largest absolute Gasteiger partial charge is 0.462 e. The van der Waals surface area contributed by atoms with Crippen molar-refractivity contribution < 1.29 is 18.7 Å². The first-order valence-corrected chi connectivity index (χ1v) is 9.93. The Morgan fingerprint density at radius 2 is 1.83 bits per heavy atom. The van der Waals surface area contributed by atoms with Crippen molar-refractivity contribution >= 4 is 35.4 Å². The molecule has 30 heavy (non-hydrogen) atoms. The van der Waals surface area contributed by atoms with E-state index in [2.05, 4.69) is 5.32 Å². The number of esters is 1. The minimum Gasteiger partial charge on any atom is -0.462 e. The summed E-state index contributed by atoms with van der Waals surface area (Å²) in [4.78, 5) is 25.1. The number of nitrogens with one attached hydrogen (secondary N) is 1. The third kappa shape index (κ3) is 5.63. The van der Waals surface area contributed by atoms with E-state index < -0.39 is 11.9 Å². The minimum absolute atomic E-state index is 0.102. The highest BCUT2D eigenvalue weighted by molar-refractivity contribution is 7.99. The van der Waals surface area contributed by atoms with E-state index in [0.29, 0.717) is 22.1 Å². The molecule has 150 valence electrons. The lowest BCUT2D eigenvalue weighted by atomic mass is 10.2. The van der Waals surface area contributed by atoms with Crippen LogP contribution in [0.25, 0.3) is 6.08 Å². The lowest BCUT2D eigenvalue weighted by molar-refractivity contribution is -0.112. The molecule has 0 saturated heterocycles. The van der Waals surface area contributed by atoms with E-state index >= 15 is 0 Å². The van der Waals surface area contributed by atoms with E-state index in [0.717, 1.165) is 4.90 Å². The average molecular weight is 418 g/mol. The maximum atomic E-state index is 12.4. The van der Waals surface area contributed by atoms with Crippen LogP contribution in [0.15, 0.2) is 86.7 Å². The molecule has 0 aliphatic rings. The van der Waals surface area contributed by atoms with Crippen molar-refractivity contribution in [2.45, 2.75) is 16.9 Å². The molecule has 0 unspecified atom stereocenters. The van der Waals surface area contributed by atoms with Gasteiger partial charge in [0.2, 0.25) is 0 Å². The molecule has 0 spiro atoms. The van der Waals surface area contributed by atoms with Gasteiger partial charge in [-0.3, -0.25) is 4.79 Å². The number of nitrogens with zero attached hydrogens (tertiary/aromatic N) is 1. The molecule has 3 rings (SSSR count).